The van der Waals surface area contributed by atoms with Crippen LogP contribution in [0.1, 0.15) is 26.3 Å². The lowest BCUT2D eigenvalue weighted by molar-refractivity contribution is -0.896. The summed E-state index contributed by atoms with van der Waals surface area (Å²) in [5.41, 5.74) is 1.49. The molecule has 0 amide bonds. The molecule has 3 heteroatoms. The van der Waals surface area contributed by atoms with Crippen LogP contribution in [0.25, 0.3) is 0 Å². The van der Waals surface area contributed by atoms with E-state index in [1.807, 2.05) is 6.20 Å². The SMILES string of the molecule is CC(C)(C)c1ccc(N2CC([N+](C)(C)C)C2)nc1. The van der Waals surface area contributed by atoms with Gasteiger partial charge in [0, 0.05) is 6.20 Å². The normalized spacial score (nSPS) is 17.8. The van der Waals surface area contributed by atoms with Gasteiger partial charge in [-0.05, 0) is 17.0 Å². The Morgan fingerprint density at radius 2 is 1.78 bits per heavy atom. The van der Waals surface area contributed by atoms with Gasteiger partial charge in [0.1, 0.15) is 11.9 Å². The van der Waals surface area contributed by atoms with Gasteiger partial charge in [-0.2, -0.15) is 0 Å². The van der Waals surface area contributed by atoms with Gasteiger partial charge in [0.2, 0.25) is 0 Å². The molecular formula is C15H26N3+. The molecule has 3 nitrogen and oxygen atoms in total. The van der Waals surface area contributed by atoms with E-state index in [0.29, 0.717) is 0 Å². The number of quaternary nitrogens is 1. The fourth-order valence-electron chi connectivity index (χ4n) is 2.15. The van der Waals surface area contributed by atoms with Gasteiger partial charge in [-0.25, -0.2) is 4.98 Å². The van der Waals surface area contributed by atoms with Gasteiger partial charge >= 0.3 is 0 Å². The highest BCUT2D eigenvalue weighted by Crippen LogP contribution is 2.26. The predicted molar refractivity (Wildman–Crippen MR) is 77.0 cm³/mol. The molecule has 1 aromatic rings. The van der Waals surface area contributed by atoms with Crippen molar-refractivity contribution in [3.63, 3.8) is 0 Å². The first kappa shape index (κ1) is 13.3. The zero-order chi connectivity index (χ0) is 13.6. The van der Waals surface area contributed by atoms with Crippen LogP contribution in [-0.2, 0) is 5.41 Å². The Kier molecular flexibility index (Phi) is 3.14. The minimum Gasteiger partial charge on any atom is -0.345 e. The summed E-state index contributed by atoms with van der Waals surface area (Å²) < 4.78 is 1.04. The van der Waals surface area contributed by atoms with Gasteiger partial charge in [0.25, 0.3) is 0 Å². The van der Waals surface area contributed by atoms with Crippen LogP contribution in [-0.4, -0.2) is 49.7 Å². The molecule has 0 radical (unpaired) electrons. The Morgan fingerprint density at radius 1 is 1.17 bits per heavy atom. The van der Waals surface area contributed by atoms with Crippen molar-refractivity contribution in [1.29, 1.82) is 0 Å². The third-order valence-electron chi connectivity index (χ3n) is 3.90. The van der Waals surface area contributed by atoms with E-state index < -0.39 is 0 Å². The Bertz CT molecular complexity index is 403. The number of aromatic nitrogens is 1. The Morgan fingerprint density at radius 3 is 2.17 bits per heavy atom. The van der Waals surface area contributed by atoms with E-state index >= 15 is 0 Å². The van der Waals surface area contributed by atoms with Crippen molar-refractivity contribution in [3.05, 3.63) is 23.9 Å². The summed E-state index contributed by atoms with van der Waals surface area (Å²) in [5, 5.41) is 0. The Hall–Kier alpha value is -1.09. The number of anilines is 1. The number of pyridine rings is 1. The first-order valence-corrected chi connectivity index (χ1v) is 6.70. The number of hydrogen-bond donors (Lipinski definition) is 0. The maximum atomic E-state index is 4.60. The second-order valence-electron chi connectivity index (χ2n) is 7.33. The lowest BCUT2D eigenvalue weighted by Crippen LogP contribution is -2.64. The van der Waals surface area contributed by atoms with Crippen molar-refractivity contribution < 1.29 is 4.48 Å². The van der Waals surface area contributed by atoms with Crippen LogP contribution < -0.4 is 4.90 Å². The second-order valence-corrected chi connectivity index (χ2v) is 7.33. The largest absolute Gasteiger partial charge is 0.345 e. The molecule has 100 valence electrons. The quantitative estimate of drug-likeness (QED) is 0.746. The molecule has 0 aliphatic carbocycles. The number of rotatable bonds is 2. The Labute approximate surface area is 111 Å². The standard InChI is InChI=1S/C15H26N3/c1-15(2,3)12-7-8-14(16-9-12)17-10-13(11-17)18(4,5)6/h7-9,13H,10-11H2,1-6H3/q+1. The van der Waals surface area contributed by atoms with Gasteiger partial charge in [0.05, 0.1) is 34.2 Å². The predicted octanol–water partition coefficient (Wildman–Crippen LogP) is 2.27. The highest BCUT2D eigenvalue weighted by atomic mass is 15.4. The fourth-order valence-corrected chi connectivity index (χ4v) is 2.15. The zero-order valence-electron chi connectivity index (χ0n) is 12.6. The van der Waals surface area contributed by atoms with Crippen molar-refractivity contribution in [2.75, 3.05) is 39.1 Å². The van der Waals surface area contributed by atoms with Crippen LogP contribution in [0.3, 0.4) is 0 Å². The van der Waals surface area contributed by atoms with Crippen LogP contribution >= 0.6 is 0 Å². The highest BCUT2D eigenvalue weighted by molar-refractivity contribution is 5.43. The van der Waals surface area contributed by atoms with Crippen molar-refractivity contribution in [1.82, 2.24) is 4.98 Å². The van der Waals surface area contributed by atoms with E-state index in [1.54, 1.807) is 0 Å². The molecule has 18 heavy (non-hydrogen) atoms. The summed E-state index contributed by atoms with van der Waals surface area (Å²) in [6.07, 6.45) is 2.02. The zero-order valence-corrected chi connectivity index (χ0v) is 12.6. The van der Waals surface area contributed by atoms with E-state index in [2.05, 4.69) is 63.9 Å². The fraction of sp³-hybridized carbons (Fsp3) is 0.667. The third-order valence-corrected chi connectivity index (χ3v) is 3.90. The molecule has 1 saturated heterocycles. The van der Waals surface area contributed by atoms with Crippen molar-refractivity contribution in [2.45, 2.75) is 32.2 Å². The van der Waals surface area contributed by atoms with E-state index in [-0.39, 0.29) is 5.41 Å². The van der Waals surface area contributed by atoms with Crippen LogP contribution in [0.4, 0.5) is 5.82 Å². The van der Waals surface area contributed by atoms with Crippen molar-refractivity contribution in [2.24, 2.45) is 0 Å². The van der Waals surface area contributed by atoms with Gasteiger partial charge in [0.15, 0.2) is 0 Å². The van der Waals surface area contributed by atoms with Gasteiger partial charge in [-0.3, -0.25) is 0 Å². The smallest absolute Gasteiger partial charge is 0.128 e. The van der Waals surface area contributed by atoms with E-state index in [9.17, 15) is 0 Å². The van der Waals surface area contributed by atoms with Crippen molar-refractivity contribution >= 4 is 5.82 Å². The lowest BCUT2D eigenvalue weighted by atomic mass is 9.88. The summed E-state index contributed by atoms with van der Waals surface area (Å²) >= 11 is 0. The molecular weight excluding hydrogens is 222 g/mol. The second kappa shape index (κ2) is 4.23. The molecule has 2 rings (SSSR count). The van der Waals surface area contributed by atoms with Crippen LogP contribution in [0.15, 0.2) is 18.3 Å². The van der Waals surface area contributed by atoms with E-state index in [1.165, 1.54) is 5.56 Å². The molecule has 2 heterocycles. The summed E-state index contributed by atoms with van der Waals surface area (Å²) in [7, 11) is 6.79. The molecule has 0 saturated carbocycles. The molecule has 0 bridgehead atoms. The van der Waals surface area contributed by atoms with Crippen molar-refractivity contribution in [3.8, 4) is 0 Å². The number of nitrogens with zero attached hydrogens (tertiary/aromatic N) is 3. The van der Waals surface area contributed by atoms with E-state index in [0.717, 1.165) is 29.4 Å². The maximum absolute atomic E-state index is 4.60. The Balaban J connectivity index is 2.01. The summed E-state index contributed by atoms with van der Waals surface area (Å²) in [4.78, 5) is 6.96. The van der Waals surface area contributed by atoms with Crippen LogP contribution in [0.5, 0.6) is 0 Å². The summed E-state index contributed by atoms with van der Waals surface area (Å²) in [6.45, 7) is 8.90. The number of hydrogen-bond acceptors (Lipinski definition) is 2. The van der Waals surface area contributed by atoms with Crippen LogP contribution in [0, 0.1) is 0 Å². The topological polar surface area (TPSA) is 16.1 Å². The monoisotopic (exact) mass is 248 g/mol. The van der Waals surface area contributed by atoms with Gasteiger partial charge < -0.3 is 9.38 Å². The average molecular weight is 248 g/mol. The number of likely N-dealkylation sites (N-methyl/N-ethyl adjacent to an activating group) is 1. The molecule has 0 N–H and O–H groups in total. The summed E-state index contributed by atoms with van der Waals surface area (Å²) in [5.74, 6) is 1.12. The lowest BCUT2D eigenvalue weighted by Gasteiger charge is -2.47. The maximum Gasteiger partial charge on any atom is 0.128 e. The third kappa shape index (κ3) is 2.66. The average Bonchev–Trinajstić information content (AvgIpc) is 2.12. The molecule has 0 spiro atoms. The van der Waals surface area contributed by atoms with Crippen LogP contribution in [0.2, 0.25) is 0 Å². The minimum atomic E-state index is 0.186. The molecule has 1 aromatic heterocycles. The summed E-state index contributed by atoms with van der Waals surface area (Å²) in [6, 6.07) is 5.10. The molecule has 1 fully saturated rings. The first-order chi connectivity index (χ1) is 8.18. The first-order valence-electron chi connectivity index (χ1n) is 6.70. The van der Waals surface area contributed by atoms with Gasteiger partial charge in [-0.1, -0.05) is 26.8 Å². The molecule has 0 aromatic carbocycles. The molecule has 1 aliphatic heterocycles. The van der Waals surface area contributed by atoms with E-state index in [4.69, 9.17) is 0 Å². The van der Waals surface area contributed by atoms with Gasteiger partial charge in [-0.15, -0.1) is 0 Å². The molecule has 0 unspecified atom stereocenters. The highest BCUT2D eigenvalue weighted by Gasteiger charge is 2.37. The minimum absolute atomic E-state index is 0.186. The molecule has 1 aliphatic rings. The molecule has 0 atom stereocenters.